The first-order chi connectivity index (χ1) is 8.79. The standard InChI is InChI=1S/C15H36N4/c1-6-12-19(13-10-17)15(4,5)8-11-18-14(2,3)7-9-16/h18H,6-13,16-17H2,1-5H3. The van der Waals surface area contributed by atoms with Crippen LogP contribution in [0.1, 0.15) is 53.9 Å². The molecule has 0 saturated carbocycles. The van der Waals surface area contributed by atoms with E-state index in [-0.39, 0.29) is 11.1 Å². The molecule has 0 aromatic carbocycles. The van der Waals surface area contributed by atoms with E-state index in [1.54, 1.807) is 0 Å². The van der Waals surface area contributed by atoms with Crippen LogP contribution < -0.4 is 16.8 Å². The number of nitrogens with one attached hydrogen (secondary N) is 1. The SMILES string of the molecule is CCCN(CCN)C(C)(C)CCNC(C)(C)CCN. The Bertz CT molecular complexity index is 220. The van der Waals surface area contributed by atoms with Crippen LogP contribution in [0.3, 0.4) is 0 Å². The molecule has 0 radical (unpaired) electrons. The number of hydrogen-bond donors (Lipinski definition) is 3. The maximum atomic E-state index is 5.72. The van der Waals surface area contributed by atoms with Crippen molar-refractivity contribution in [2.45, 2.75) is 65.0 Å². The molecule has 0 bridgehead atoms. The Labute approximate surface area is 120 Å². The highest BCUT2D eigenvalue weighted by atomic mass is 15.2. The first-order valence-corrected chi connectivity index (χ1v) is 7.69. The topological polar surface area (TPSA) is 67.3 Å². The van der Waals surface area contributed by atoms with Gasteiger partial charge in [-0.2, -0.15) is 0 Å². The summed E-state index contributed by atoms with van der Waals surface area (Å²) in [5, 5.41) is 3.62. The molecule has 0 aliphatic rings. The normalized spacial score (nSPS) is 13.3. The van der Waals surface area contributed by atoms with Crippen LogP contribution in [0.15, 0.2) is 0 Å². The Kier molecular flexibility index (Phi) is 8.83. The molecule has 0 heterocycles. The highest BCUT2D eigenvalue weighted by molar-refractivity contribution is 4.85. The first-order valence-electron chi connectivity index (χ1n) is 7.69. The molecule has 0 spiro atoms. The number of rotatable bonds is 11. The minimum atomic E-state index is 0.133. The monoisotopic (exact) mass is 272 g/mol. The lowest BCUT2D eigenvalue weighted by atomic mass is 9.95. The van der Waals surface area contributed by atoms with Gasteiger partial charge in [0.15, 0.2) is 0 Å². The molecule has 116 valence electrons. The van der Waals surface area contributed by atoms with Crippen molar-refractivity contribution in [2.24, 2.45) is 11.5 Å². The summed E-state index contributed by atoms with van der Waals surface area (Å²) in [5.41, 5.74) is 11.7. The van der Waals surface area contributed by atoms with Gasteiger partial charge in [0.2, 0.25) is 0 Å². The van der Waals surface area contributed by atoms with Crippen molar-refractivity contribution in [3.8, 4) is 0 Å². The summed E-state index contributed by atoms with van der Waals surface area (Å²) in [4.78, 5) is 2.50. The van der Waals surface area contributed by atoms with E-state index in [1.165, 1.54) is 6.42 Å². The molecule has 0 atom stereocenters. The van der Waals surface area contributed by atoms with Crippen LogP contribution in [0.5, 0.6) is 0 Å². The second-order valence-corrected chi connectivity index (χ2v) is 6.69. The number of nitrogens with two attached hydrogens (primary N) is 2. The quantitative estimate of drug-likeness (QED) is 0.534. The Morgan fingerprint density at radius 3 is 2.05 bits per heavy atom. The van der Waals surface area contributed by atoms with Crippen LogP contribution in [0.2, 0.25) is 0 Å². The Balaban J connectivity index is 4.26. The summed E-state index contributed by atoms with van der Waals surface area (Å²) in [5.74, 6) is 0. The molecule has 0 amide bonds. The highest BCUT2D eigenvalue weighted by Crippen LogP contribution is 2.19. The van der Waals surface area contributed by atoms with E-state index in [4.69, 9.17) is 11.5 Å². The maximum Gasteiger partial charge on any atom is 0.0165 e. The molecule has 0 aliphatic heterocycles. The van der Waals surface area contributed by atoms with Gasteiger partial charge in [0.1, 0.15) is 0 Å². The van der Waals surface area contributed by atoms with Crippen molar-refractivity contribution in [3.63, 3.8) is 0 Å². The summed E-state index contributed by atoms with van der Waals surface area (Å²) in [6, 6.07) is 0. The largest absolute Gasteiger partial charge is 0.330 e. The average molecular weight is 272 g/mol. The van der Waals surface area contributed by atoms with Gasteiger partial charge in [-0.15, -0.1) is 0 Å². The fourth-order valence-electron chi connectivity index (χ4n) is 2.46. The third kappa shape index (κ3) is 7.88. The van der Waals surface area contributed by atoms with Crippen molar-refractivity contribution < 1.29 is 0 Å². The highest BCUT2D eigenvalue weighted by Gasteiger charge is 2.26. The predicted molar refractivity (Wildman–Crippen MR) is 85.4 cm³/mol. The minimum Gasteiger partial charge on any atom is -0.330 e. The second-order valence-electron chi connectivity index (χ2n) is 6.69. The van der Waals surface area contributed by atoms with E-state index in [9.17, 15) is 0 Å². The Morgan fingerprint density at radius 1 is 0.947 bits per heavy atom. The molecule has 0 aromatic rings. The lowest BCUT2D eigenvalue weighted by molar-refractivity contribution is 0.112. The van der Waals surface area contributed by atoms with E-state index in [2.05, 4.69) is 44.8 Å². The minimum absolute atomic E-state index is 0.133. The summed E-state index contributed by atoms with van der Waals surface area (Å²) in [6.07, 6.45) is 3.31. The van der Waals surface area contributed by atoms with E-state index in [1.807, 2.05) is 0 Å². The molecule has 0 aromatic heterocycles. The molecule has 4 heteroatoms. The summed E-state index contributed by atoms with van der Waals surface area (Å²) in [6.45, 7) is 15.9. The Hall–Kier alpha value is -0.160. The first kappa shape index (κ1) is 18.8. The number of hydrogen-bond acceptors (Lipinski definition) is 4. The molecule has 4 nitrogen and oxygen atoms in total. The van der Waals surface area contributed by atoms with Gasteiger partial charge in [0.25, 0.3) is 0 Å². The van der Waals surface area contributed by atoms with Crippen LogP contribution in [0.4, 0.5) is 0 Å². The smallest absolute Gasteiger partial charge is 0.0165 e. The van der Waals surface area contributed by atoms with Crippen molar-refractivity contribution in [2.75, 3.05) is 32.7 Å². The van der Waals surface area contributed by atoms with Crippen LogP contribution in [0.25, 0.3) is 0 Å². The lowest BCUT2D eigenvalue weighted by Crippen LogP contribution is -2.50. The molecule has 0 saturated heterocycles. The second kappa shape index (κ2) is 8.90. The van der Waals surface area contributed by atoms with Gasteiger partial charge in [0.05, 0.1) is 0 Å². The van der Waals surface area contributed by atoms with Crippen molar-refractivity contribution in [3.05, 3.63) is 0 Å². The maximum absolute atomic E-state index is 5.72. The third-order valence-electron chi connectivity index (χ3n) is 3.86. The van der Waals surface area contributed by atoms with Gasteiger partial charge in [-0.25, -0.2) is 0 Å². The van der Waals surface area contributed by atoms with Crippen molar-refractivity contribution in [1.82, 2.24) is 10.2 Å². The number of nitrogens with zero attached hydrogens (tertiary/aromatic N) is 1. The molecular formula is C15H36N4. The van der Waals surface area contributed by atoms with Crippen LogP contribution in [0, 0.1) is 0 Å². The van der Waals surface area contributed by atoms with Gasteiger partial charge in [-0.1, -0.05) is 6.92 Å². The molecule has 0 unspecified atom stereocenters. The van der Waals surface area contributed by atoms with E-state index >= 15 is 0 Å². The van der Waals surface area contributed by atoms with E-state index in [0.29, 0.717) is 0 Å². The molecule has 5 N–H and O–H groups in total. The van der Waals surface area contributed by atoms with E-state index in [0.717, 1.165) is 45.6 Å². The molecule has 19 heavy (non-hydrogen) atoms. The summed E-state index contributed by atoms with van der Waals surface area (Å²) < 4.78 is 0. The van der Waals surface area contributed by atoms with Gasteiger partial charge in [0, 0.05) is 24.2 Å². The molecule has 0 rings (SSSR count). The summed E-state index contributed by atoms with van der Waals surface area (Å²) >= 11 is 0. The van der Waals surface area contributed by atoms with Gasteiger partial charge < -0.3 is 16.8 Å². The zero-order valence-corrected chi connectivity index (χ0v) is 13.8. The van der Waals surface area contributed by atoms with Crippen LogP contribution in [-0.2, 0) is 0 Å². The Morgan fingerprint density at radius 2 is 1.58 bits per heavy atom. The fraction of sp³-hybridized carbons (Fsp3) is 1.00. The van der Waals surface area contributed by atoms with Gasteiger partial charge in [-0.3, -0.25) is 4.90 Å². The van der Waals surface area contributed by atoms with Crippen molar-refractivity contribution >= 4 is 0 Å². The van der Waals surface area contributed by atoms with Crippen LogP contribution in [-0.4, -0.2) is 48.7 Å². The molecular weight excluding hydrogens is 236 g/mol. The lowest BCUT2D eigenvalue weighted by Gasteiger charge is -2.39. The third-order valence-corrected chi connectivity index (χ3v) is 3.86. The van der Waals surface area contributed by atoms with E-state index < -0.39 is 0 Å². The average Bonchev–Trinajstić information content (AvgIpc) is 2.28. The predicted octanol–water partition coefficient (Wildman–Crippen LogP) is 1.54. The van der Waals surface area contributed by atoms with Crippen LogP contribution >= 0.6 is 0 Å². The zero-order valence-electron chi connectivity index (χ0n) is 13.8. The van der Waals surface area contributed by atoms with Gasteiger partial charge in [-0.05, 0) is 66.6 Å². The van der Waals surface area contributed by atoms with Gasteiger partial charge >= 0.3 is 0 Å². The zero-order chi connectivity index (χ0) is 14.9. The molecule has 0 aliphatic carbocycles. The van der Waals surface area contributed by atoms with Crippen molar-refractivity contribution in [1.29, 1.82) is 0 Å². The molecule has 0 fully saturated rings. The summed E-state index contributed by atoms with van der Waals surface area (Å²) in [7, 11) is 0. The fourth-order valence-corrected chi connectivity index (χ4v) is 2.46.